The highest BCUT2D eigenvalue weighted by molar-refractivity contribution is 5.78. The Bertz CT molecular complexity index is 293. The first-order valence-corrected chi connectivity index (χ1v) is 5.74. The van der Waals surface area contributed by atoms with E-state index in [0.29, 0.717) is 26.1 Å². The van der Waals surface area contributed by atoms with Gasteiger partial charge in [0.1, 0.15) is 0 Å². The molecule has 6 heteroatoms. The zero-order chi connectivity index (χ0) is 12.4. The summed E-state index contributed by atoms with van der Waals surface area (Å²) in [5.41, 5.74) is 0. The molecule has 2 fully saturated rings. The first-order valence-electron chi connectivity index (χ1n) is 5.74. The van der Waals surface area contributed by atoms with E-state index in [2.05, 4.69) is 0 Å². The van der Waals surface area contributed by atoms with Gasteiger partial charge in [0.2, 0.25) is 0 Å². The normalized spacial score (nSPS) is 29.4. The minimum absolute atomic E-state index is 0.106. The molecular formula is C11H16O6. The number of hydrogen-bond donors (Lipinski definition) is 2. The average molecular weight is 244 g/mol. The summed E-state index contributed by atoms with van der Waals surface area (Å²) in [6.45, 7) is 1.31. The summed E-state index contributed by atoms with van der Waals surface area (Å²) in [7, 11) is 0. The monoisotopic (exact) mass is 244 g/mol. The van der Waals surface area contributed by atoms with Gasteiger partial charge in [-0.2, -0.15) is 0 Å². The minimum Gasteiger partial charge on any atom is -0.481 e. The molecule has 0 aromatic heterocycles. The highest BCUT2D eigenvalue weighted by atomic mass is 16.6. The molecule has 2 saturated heterocycles. The Hall–Kier alpha value is -1.14. The summed E-state index contributed by atoms with van der Waals surface area (Å²) in [6, 6.07) is 0. The maximum absolute atomic E-state index is 11.1. The second-order valence-electron chi connectivity index (χ2n) is 4.68. The zero-order valence-electron chi connectivity index (χ0n) is 9.37. The lowest BCUT2D eigenvalue weighted by Gasteiger charge is -2.21. The molecule has 0 amide bonds. The maximum Gasteiger partial charge on any atom is 0.307 e. The van der Waals surface area contributed by atoms with E-state index in [4.69, 9.17) is 19.7 Å². The van der Waals surface area contributed by atoms with Crippen LogP contribution in [0.5, 0.6) is 0 Å². The highest BCUT2D eigenvalue weighted by Gasteiger charge is 2.39. The van der Waals surface area contributed by atoms with Crippen molar-refractivity contribution in [3.63, 3.8) is 0 Å². The van der Waals surface area contributed by atoms with Crippen LogP contribution in [-0.2, 0) is 19.1 Å². The third-order valence-corrected chi connectivity index (χ3v) is 3.22. The molecule has 96 valence electrons. The van der Waals surface area contributed by atoms with Crippen LogP contribution < -0.4 is 0 Å². The molecule has 0 saturated carbocycles. The number of rotatable bonds is 8. The Kier molecular flexibility index (Phi) is 3.63. The van der Waals surface area contributed by atoms with Crippen molar-refractivity contribution >= 4 is 11.9 Å². The second-order valence-corrected chi connectivity index (χ2v) is 4.68. The molecule has 2 N–H and O–H groups in total. The lowest BCUT2D eigenvalue weighted by atomic mass is 9.83. The molecule has 17 heavy (non-hydrogen) atoms. The summed E-state index contributed by atoms with van der Waals surface area (Å²) in [5.74, 6) is -3.14. The molecular weight excluding hydrogens is 228 g/mol. The van der Waals surface area contributed by atoms with Crippen molar-refractivity contribution in [2.24, 2.45) is 11.8 Å². The van der Waals surface area contributed by atoms with Crippen LogP contribution in [0.2, 0.25) is 0 Å². The summed E-state index contributed by atoms with van der Waals surface area (Å²) in [5, 5.41) is 17.9. The van der Waals surface area contributed by atoms with E-state index >= 15 is 0 Å². The molecule has 0 radical (unpaired) electrons. The van der Waals surface area contributed by atoms with Crippen LogP contribution in [-0.4, -0.2) is 47.6 Å². The van der Waals surface area contributed by atoms with Crippen LogP contribution in [0.15, 0.2) is 0 Å². The van der Waals surface area contributed by atoms with Crippen molar-refractivity contribution in [1.29, 1.82) is 0 Å². The fraction of sp³-hybridized carbons (Fsp3) is 0.818. The van der Waals surface area contributed by atoms with Gasteiger partial charge < -0.3 is 19.7 Å². The van der Waals surface area contributed by atoms with E-state index < -0.39 is 17.9 Å². The molecule has 3 atom stereocenters. The fourth-order valence-corrected chi connectivity index (χ4v) is 2.15. The molecule has 2 aliphatic heterocycles. The number of carbonyl (C=O) groups is 2. The van der Waals surface area contributed by atoms with Gasteiger partial charge in [0.25, 0.3) is 0 Å². The molecule has 6 nitrogen and oxygen atoms in total. The zero-order valence-corrected chi connectivity index (χ0v) is 9.37. The molecule has 0 aliphatic carbocycles. The fourth-order valence-electron chi connectivity index (χ4n) is 2.15. The lowest BCUT2D eigenvalue weighted by molar-refractivity contribution is -0.150. The number of aliphatic carboxylic acids is 2. The van der Waals surface area contributed by atoms with E-state index in [-0.39, 0.29) is 24.5 Å². The Balaban J connectivity index is 1.96. The molecule has 3 unspecified atom stereocenters. The molecule has 2 aliphatic rings. The van der Waals surface area contributed by atoms with Crippen molar-refractivity contribution in [1.82, 2.24) is 0 Å². The predicted molar refractivity (Wildman–Crippen MR) is 55.6 cm³/mol. The van der Waals surface area contributed by atoms with Gasteiger partial charge in [0, 0.05) is 0 Å². The van der Waals surface area contributed by atoms with E-state index in [1.54, 1.807) is 0 Å². The van der Waals surface area contributed by atoms with Crippen LogP contribution in [0.25, 0.3) is 0 Å². The predicted octanol–water partition coefficient (Wildman–Crippen LogP) is 0.356. The Morgan fingerprint density at radius 2 is 1.59 bits per heavy atom. The average Bonchev–Trinajstić information content (AvgIpc) is 3.06. The number of epoxide rings is 2. The molecule has 0 bridgehead atoms. The summed E-state index contributed by atoms with van der Waals surface area (Å²) < 4.78 is 10.2. The number of carboxylic acids is 2. The third-order valence-electron chi connectivity index (χ3n) is 3.22. The largest absolute Gasteiger partial charge is 0.481 e. The van der Waals surface area contributed by atoms with Crippen LogP contribution in [0.1, 0.15) is 19.3 Å². The van der Waals surface area contributed by atoms with Crippen LogP contribution in [0.3, 0.4) is 0 Å². The van der Waals surface area contributed by atoms with Gasteiger partial charge in [-0.25, -0.2) is 0 Å². The van der Waals surface area contributed by atoms with Gasteiger partial charge in [-0.15, -0.1) is 0 Å². The topological polar surface area (TPSA) is 99.7 Å². The van der Waals surface area contributed by atoms with E-state index in [9.17, 15) is 9.59 Å². The van der Waals surface area contributed by atoms with Crippen molar-refractivity contribution in [3.8, 4) is 0 Å². The number of ether oxygens (including phenoxy) is 2. The SMILES string of the molecule is O=C(O)CC(C(=O)O)C(CC1CO1)CC1CO1. The number of carboxylic acid groups (broad SMARTS) is 2. The van der Waals surface area contributed by atoms with Crippen LogP contribution in [0, 0.1) is 11.8 Å². The van der Waals surface area contributed by atoms with Gasteiger partial charge in [0.15, 0.2) is 0 Å². The van der Waals surface area contributed by atoms with Crippen molar-refractivity contribution < 1.29 is 29.3 Å². The molecule has 2 rings (SSSR count). The Morgan fingerprint density at radius 1 is 1.12 bits per heavy atom. The van der Waals surface area contributed by atoms with Crippen LogP contribution in [0.4, 0.5) is 0 Å². The third kappa shape index (κ3) is 3.98. The first kappa shape index (κ1) is 12.3. The summed E-state index contributed by atoms with van der Waals surface area (Å²) in [4.78, 5) is 21.8. The van der Waals surface area contributed by atoms with E-state index in [1.165, 1.54) is 0 Å². The highest BCUT2D eigenvalue weighted by Crippen LogP contribution is 2.33. The van der Waals surface area contributed by atoms with Gasteiger partial charge in [-0.3, -0.25) is 9.59 Å². The Morgan fingerprint density at radius 3 is 1.88 bits per heavy atom. The molecule has 2 heterocycles. The summed E-state index contributed by atoms with van der Waals surface area (Å²) in [6.07, 6.45) is 1.11. The Labute approximate surface area is 98.5 Å². The number of hydrogen-bond acceptors (Lipinski definition) is 4. The molecule has 0 aromatic rings. The lowest BCUT2D eigenvalue weighted by Crippen LogP contribution is -2.28. The smallest absolute Gasteiger partial charge is 0.307 e. The van der Waals surface area contributed by atoms with Gasteiger partial charge >= 0.3 is 11.9 Å². The van der Waals surface area contributed by atoms with Gasteiger partial charge in [-0.05, 0) is 18.8 Å². The quantitative estimate of drug-likeness (QED) is 0.598. The van der Waals surface area contributed by atoms with Gasteiger partial charge in [-0.1, -0.05) is 0 Å². The van der Waals surface area contributed by atoms with Crippen molar-refractivity contribution in [2.45, 2.75) is 31.5 Å². The van der Waals surface area contributed by atoms with Crippen LogP contribution >= 0.6 is 0 Å². The standard InChI is InChI=1S/C11H16O6/c12-10(13)3-9(11(14)15)6(1-7-4-16-7)2-8-5-17-8/h6-9H,1-5H2,(H,12,13)(H,14,15). The van der Waals surface area contributed by atoms with Gasteiger partial charge in [0.05, 0.1) is 37.8 Å². The molecule has 0 spiro atoms. The summed E-state index contributed by atoms with van der Waals surface area (Å²) >= 11 is 0. The molecule has 0 aromatic carbocycles. The maximum atomic E-state index is 11.1. The first-order chi connectivity index (χ1) is 8.06. The van der Waals surface area contributed by atoms with Crippen molar-refractivity contribution in [2.75, 3.05) is 13.2 Å². The van der Waals surface area contributed by atoms with E-state index in [1.807, 2.05) is 0 Å². The van der Waals surface area contributed by atoms with Crippen molar-refractivity contribution in [3.05, 3.63) is 0 Å². The second kappa shape index (κ2) is 5.01. The van der Waals surface area contributed by atoms with E-state index in [0.717, 1.165) is 0 Å². The minimum atomic E-state index is -1.07.